The molecule has 0 aliphatic heterocycles. The SMILES string of the molecule is Fc1ccc2c(c1)CCc1cccnc1C=C2. The van der Waals surface area contributed by atoms with Crippen LogP contribution in [0.15, 0.2) is 36.5 Å². The van der Waals surface area contributed by atoms with Gasteiger partial charge < -0.3 is 0 Å². The first-order valence-electron chi connectivity index (χ1n) is 5.73. The zero-order valence-electron chi connectivity index (χ0n) is 9.36. The van der Waals surface area contributed by atoms with Crippen LogP contribution < -0.4 is 0 Å². The molecule has 0 spiro atoms. The van der Waals surface area contributed by atoms with Gasteiger partial charge in [0.15, 0.2) is 0 Å². The Hall–Kier alpha value is -1.96. The molecule has 0 radical (unpaired) electrons. The van der Waals surface area contributed by atoms with Crippen LogP contribution >= 0.6 is 0 Å². The number of aryl methyl sites for hydroxylation is 2. The summed E-state index contributed by atoms with van der Waals surface area (Å²) in [5.74, 6) is -0.163. The average Bonchev–Trinajstić information content (AvgIpc) is 2.33. The van der Waals surface area contributed by atoms with Crippen LogP contribution in [0.5, 0.6) is 0 Å². The minimum Gasteiger partial charge on any atom is -0.257 e. The molecule has 2 aromatic rings. The predicted molar refractivity (Wildman–Crippen MR) is 67.0 cm³/mol. The summed E-state index contributed by atoms with van der Waals surface area (Å²) in [6.07, 6.45) is 7.58. The van der Waals surface area contributed by atoms with Crippen molar-refractivity contribution in [3.8, 4) is 0 Å². The number of fused-ring (bicyclic) bond motifs is 2. The van der Waals surface area contributed by atoms with Crippen molar-refractivity contribution in [1.82, 2.24) is 4.98 Å². The van der Waals surface area contributed by atoms with Crippen LogP contribution in [0.25, 0.3) is 12.2 Å². The number of hydrogen-bond acceptors (Lipinski definition) is 1. The number of pyridine rings is 1. The van der Waals surface area contributed by atoms with Gasteiger partial charge >= 0.3 is 0 Å². The second-order valence-corrected chi connectivity index (χ2v) is 4.22. The molecule has 1 aromatic carbocycles. The third-order valence-electron chi connectivity index (χ3n) is 3.12. The molecule has 17 heavy (non-hydrogen) atoms. The Kier molecular flexibility index (Phi) is 2.48. The molecular formula is C15H12FN. The molecule has 0 saturated carbocycles. The molecule has 1 nitrogen and oxygen atoms in total. The van der Waals surface area contributed by atoms with Crippen LogP contribution in [0, 0.1) is 5.82 Å². The molecule has 0 atom stereocenters. The highest BCUT2D eigenvalue weighted by atomic mass is 19.1. The van der Waals surface area contributed by atoms with Gasteiger partial charge in [0.25, 0.3) is 0 Å². The monoisotopic (exact) mass is 225 g/mol. The van der Waals surface area contributed by atoms with E-state index in [2.05, 4.69) is 11.1 Å². The maximum Gasteiger partial charge on any atom is 0.123 e. The van der Waals surface area contributed by atoms with Crippen molar-refractivity contribution in [2.45, 2.75) is 12.8 Å². The van der Waals surface area contributed by atoms with Crippen LogP contribution in [-0.4, -0.2) is 4.98 Å². The molecule has 0 unspecified atom stereocenters. The van der Waals surface area contributed by atoms with Crippen molar-refractivity contribution >= 4 is 12.2 Å². The highest BCUT2D eigenvalue weighted by Gasteiger charge is 2.08. The Morgan fingerprint density at radius 2 is 1.88 bits per heavy atom. The van der Waals surface area contributed by atoms with E-state index in [1.165, 1.54) is 11.6 Å². The highest BCUT2D eigenvalue weighted by Crippen LogP contribution is 2.21. The van der Waals surface area contributed by atoms with Crippen molar-refractivity contribution in [2.75, 3.05) is 0 Å². The molecule has 3 rings (SSSR count). The summed E-state index contributed by atoms with van der Waals surface area (Å²) >= 11 is 0. The second-order valence-electron chi connectivity index (χ2n) is 4.22. The third-order valence-corrected chi connectivity index (χ3v) is 3.12. The van der Waals surface area contributed by atoms with Gasteiger partial charge in [-0.15, -0.1) is 0 Å². The van der Waals surface area contributed by atoms with E-state index in [4.69, 9.17) is 0 Å². The number of rotatable bonds is 0. The minimum absolute atomic E-state index is 0.163. The second kappa shape index (κ2) is 4.13. The van der Waals surface area contributed by atoms with Crippen molar-refractivity contribution in [2.24, 2.45) is 0 Å². The van der Waals surface area contributed by atoms with E-state index in [0.29, 0.717) is 0 Å². The van der Waals surface area contributed by atoms with Crippen LogP contribution in [-0.2, 0) is 12.8 Å². The van der Waals surface area contributed by atoms with E-state index in [-0.39, 0.29) is 5.82 Å². The van der Waals surface area contributed by atoms with Crippen LogP contribution in [0.1, 0.15) is 22.4 Å². The Bertz CT molecular complexity index is 587. The number of aromatic nitrogens is 1. The first-order chi connectivity index (χ1) is 8.33. The van der Waals surface area contributed by atoms with Gasteiger partial charge in [-0.25, -0.2) is 4.39 Å². The molecule has 2 heteroatoms. The Balaban J connectivity index is 2.09. The summed E-state index contributed by atoms with van der Waals surface area (Å²) < 4.78 is 13.2. The number of halogens is 1. The van der Waals surface area contributed by atoms with Crippen molar-refractivity contribution in [3.05, 3.63) is 64.7 Å². The standard InChI is InChI=1S/C15H12FN/c16-14-7-5-11-6-8-15-12(2-1-9-17-15)3-4-13(11)10-14/h1-2,5-10H,3-4H2. The lowest BCUT2D eigenvalue weighted by Gasteiger charge is -2.11. The Morgan fingerprint density at radius 1 is 1.00 bits per heavy atom. The summed E-state index contributed by atoms with van der Waals surface area (Å²) in [5.41, 5.74) is 4.39. The predicted octanol–water partition coefficient (Wildman–Crippen LogP) is 3.49. The quantitative estimate of drug-likeness (QED) is 0.668. The fraction of sp³-hybridized carbons (Fsp3) is 0.133. The van der Waals surface area contributed by atoms with Crippen LogP contribution in [0.4, 0.5) is 4.39 Å². The molecule has 0 bridgehead atoms. The van der Waals surface area contributed by atoms with Gasteiger partial charge in [0.2, 0.25) is 0 Å². The maximum atomic E-state index is 13.2. The fourth-order valence-corrected chi connectivity index (χ4v) is 2.20. The van der Waals surface area contributed by atoms with E-state index in [0.717, 1.165) is 29.7 Å². The van der Waals surface area contributed by atoms with Crippen LogP contribution in [0.2, 0.25) is 0 Å². The molecular weight excluding hydrogens is 213 g/mol. The number of hydrogen-bond donors (Lipinski definition) is 0. The molecule has 0 saturated heterocycles. The third kappa shape index (κ3) is 1.98. The highest BCUT2D eigenvalue weighted by molar-refractivity contribution is 5.71. The van der Waals surface area contributed by atoms with Gasteiger partial charge in [-0.1, -0.05) is 18.2 Å². The van der Waals surface area contributed by atoms with Crippen molar-refractivity contribution in [1.29, 1.82) is 0 Å². The minimum atomic E-state index is -0.163. The number of nitrogens with zero attached hydrogens (tertiary/aromatic N) is 1. The molecule has 1 aliphatic rings. The van der Waals surface area contributed by atoms with Gasteiger partial charge in [0.1, 0.15) is 5.82 Å². The normalized spacial score (nSPS) is 13.5. The molecule has 0 amide bonds. The zero-order chi connectivity index (χ0) is 11.7. The lowest BCUT2D eigenvalue weighted by Crippen LogP contribution is -2.00. The van der Waals surface area contributed by atoms with Gasteiger partial charge in [-0.3, -0.25) is 4.98 Å². The number of benzene rings is 1. The average molecular weight is 225 g/mol. The summed E-state index contributed by atoms with van der Waals surface area (Å²) in [7, 11) is 0. The molecule has 1 aliphatic carbocycles. The molecule has 1 aromatic heterocycles. The van der Waals surface area contributed by atoms with E-state index in [1.54, 1.807) is 12.3 Å². The van der Waals surface area contributed by atoms with E-state index < -0.39 is 0 Å². The van der Waals surface area contributed by atoms with Gasteiger partial charge in [-0.2, -0.15) is 0 Å². The smallest absolute Gasteiger partial charge is 0.123 e. The summed E-state index contributed by atoms with van der Waals surface area (Å²) in [6.45, 7) is 0. The summed E-state index contributed by atoms with van der Waals surface area (Å²) in [6, 6.07) is 8.98. The first-order valence-corrected chi connectivity index (χ1v) is 5.73. The molecule has 0 fully saturated rings. The molecule has 1 heterocycles. The topological polar surface area (TPSA) is 12.9 Å². The first kappa shape index (κ1) is 10.2. The van der Waals surface area contributed by atoms with Crippen LogP contribution in [0.3, 0.4) is 0 Å². The summed E-state index contributed by atoms with van der Waals surface area (Å²) in [5, 5.41) is 0. The van der Waals surface area contributed by atoms with E-state index in [1.807, 2.05) is 24.3 Å². The van der Waals surface area contributed by atoms with Crippen molar-refractivity contribution < 1.29 is 4.39 Å². The fourth-order valence-electron chi connectivity index (χ4n) is 2.20. The van der Waals surface area contributed by atoms with Gasteiger partial charge in [0, 0.05) is 6.20 Å². The van der Waals surface area contributed by atoms with Crippen molar-refractivity contribution in [3.63, 3.8) is 0 Å². The maximum absolute atomic E-state index is 13.2. The van der Waals surface area contributed by atoms with E-state index >= 15 is 0 Å². The summed E-state index contributed by atoms with van der Waals surface area (Å²) in [4.78, 5) is 4.35. The molecule has 0 N–H and O–H groups in total. The zero-order valence-corrected chi connectivity index (χ0v) is 9.36. The largest absolute Gasteiger partial charge is 0.257 e. The lowest BCUT2D eigenvalue weighted by molar-refractivity contribution is 0.625. The Labute approximate surface area is 99.6 Å². The van der Waals surface area contributed by atoms with Gasteiger partial charge in [0.05, 0.1) is 5.69 Å². The Morgan fingerprint density at radius 3 is 2.82 bits per heavy atom. The lowest BCUT2D eigenvalue weighted by atomic mass is 9.95. The van der Waals surface area contributed by atoms with E-state index in [9.17, 15) is 4.39 Å². The molecule has 84 valence electrons. The van der Waals surface area contributed by atoms with Gasteiger partial charge in [-0.05, 0) is 53.8 Å².